The first-order valence-electron chi connectivity index (χ1n) is 6.36. The van der Waals surface area contributed by atoms with Crippen molar-refractivity contribution in [3.05, 3.63) is 52.1 Å². The lowest BCUT2D eigenvalue weighted by atomic mass is 10.3. The molecule has 0 aromatic carbocycles. The number of aromatic amines is 1. The van der Waals surface area contributed by atoms with Gasteiger partial charge in [0.15, 0.2) is 0 Å². The zero-order valence-corrected chi connectivity index (χ0v) is 11.1. The Morgan fingerprint density at radius 3 is 2.95 bits per heavy atom. The zero-order valence-electron chi connectivity index (χ0n) is 11.1. The summed E-state index contributed by atoms with van der Waals surface area (Å²) >= 11 is 0. The second kappa shape index (κ2) is 6.05. The minimum absolute atomic E-state index is 0.0646. The van der Waals surface area contributed by atoms with E-state index in [1.165, 1.54) is 12.3 Å². The van der Waals surface area contributed by atoms with Gasteiger partial charge in [0, 0.05) is 31.5 Å². The Kier molecular flexibility index (Phi) is 4.19. The van der Waals surface area contributed by atoms with Crippen LogP contribution in [-0.4, -0.2) is 20.4 Å². The number of hydrogen-bond donors (Lipinski definition) is 2. The first kappa shape index (κ1) is 13.9. The number of rotatable bonds is 6. The van der Waals surface area contributed by atoms with Crippen molar-refractivity contribution in [3.8, 4) is 0 Å². The molecular formula is C13H16N4O3. The summed E-state index contributed by atoms with van der Waals surface area (Å²) in [5.74, 6) is -0.312. The van der Waals surface area contributed by atoms with E-state index in [1.54, 1.807) is 17.0 Å². The Morgan fingerprint density at radius 1 is 1.55 bits per heavy atom. The topological polar surface area (TPSA) is 93.0 Å². The van der Waals surface area contributed by atoms with Crippen LogP contribution in [0.2, 0.25) is 0 Å². The van der Waals surface area contributed by atoms with E-state index in [4.69, 9.17) is 0 Å². The Labute approximate surface area is 115 Å². The van der Waals surface area contributed by atoms with Gasteiger partial charge in [-0.2, -0.15) is 0 Å². The van der Waals surface area contributed by atoms with Crippen molar-refractivity contribution < 1.29 is 9.72 Å². The highest BCUT2D eigenvalue weighted by Gasteiger charge is 2.18. The van der Waals surface area contributed by atoms with Crippen molar-refractivity contribution >= 4 is 11.6 Å². The fourth-order valence-corrected chi connectivity index (χ4v) is 1.95. The Bertz CT molecular complexity index is 601. The van der Waals surface area contributed by atoms with Crippen LogP contribution in [0.5, 0.6) is 0 Å². The van der Waals surface area contributed by atoms with E-state index >= 15 is 0 Å². The van der Waals surface area contributed by atoms with Crippen LogP contribution in [0.1, 0.15) is 29.4 Å². The molecule has 2 N–H and O–H groups in total. The van der Waals surface area contributed by atoms with Crippen molar-refractivity contribution in [2.24, 2.45) is 0 Å². The Morgan fingerprint density at radius 2 is 2.35 bits per heavy atom. The van der Waals surface area contributed by atoms with E-state index in [-0.39, 0.29) is 11.6 Å². The van der Waals surface area contributed by atoms with E-state index in [9.17, 15) is 14.9 Å². The maximum absolute atomic E-state index is 12.1. The third kappa shape index (κ3) is 3.05. The number of H-pyrrole nitrogens is 1. The van der Waals surface area contributed by atoms with Crippen LogP contribution in [0.4, 0.5) is 5.69 Å². The number of nitro groups is 1. The van der Waals surface area contributed by atoms with Crippen LogP contribution in [0.25, 0.3) is 0 Å². The number of aromatic nitrogens is 2. The van der Waals surface area contributed by atoms with Gasteiger partial charge in [0.25, 0.3) is 11.6 Å². The largest absolute Gasteiger partial charge is 0.367 e. The maximum Gasteiger partial charge on any atom is 0.287 e. The second-order valence-corrected chi connectivity index (χ2v) is 4.44. The van der Waals surface area contributed by atoms with Gasteiger partial charge in [-0.25, -0.2) is 0 Å². The highest BCUT2D eigenvalue weighted by Crippen LogP contribution is 2.17. The molecule has 2 rings (SSSR count). The number of carbonyl (C=O) groups is 1. The number of nitrogens with zero attached hydrogens (tertiary/aromatic N) is 2. The van der Waals surface area contributed by atoms with E-state index in [2.05, 4.69) is 10.3 Å². The first-order valence-corrected chi connectivity index (χ1v) is 6.36. The lowest BCUT2D eigenvalue weighted by Gasteiger charge is -2.07. The van der Waals surface area contributed by atoms with Gasteiger partial charge in [0.2, 0.25) is 0 Å². The molecule has 2 heterocycles. The van der Waals surface area contributed by atoms with Crippen LogP contribution < -0.4 is 5.32 Å². The molecule has 20 heavy (non-hydrogen) atoms. The predicted octanol–water partition coefficient (Wildman–Crippen LogP) is 2.06. The minimum atomic E-state index is -0.491. The average Bonchev–Trinajstić information content (AvgIpc) is 3.05. The zero-order chi connectivity index (χ0) is 14.5. The molecule has 2 aromatic heterocycles. The third-order valence-electron chi connectivity index (χ3n) is 2.91. The van der Waals surface area contributed by atoms with Crippen molar-refractivity contribution in [1.82, 2.24) is 14.9 Å². The van der Waals surface area contributed by atoms with Gasteiger partial charge >= 0.3 is 0 Å². The highest BCUT2D eigenvalue weighted by molar-refractivity contribution is 5.93. The highest BCUT2D eigenvalue weighted by atomic mass is 16.6. The summed E-state index contributed by atoms with van der Waals surface area (Å²) in [4.78, 5) is 25.3. The number of nitrogens with one attached hydrogen (secondary N) is 2. The molecule has 0 saturated carbocycles. The average molecular weight is 276 g/mol. The summed E-state index contributed by atoms with van der Waals surface area (Å²) in [7, 11) is 0. The number of aryl methyl sites for hydroxylation is 1. The summed E-state index contributed by atoms with van der Waals surface area (Å²) in [5, 5.41) is 13.5. The smallest absolute Gasteiger partial charge is 0.287 e. The third-order valence-corrected chi connectivity index (χ3v) is 2.91. The molecule has 0 spiro atoms. The van der Waals surface area contributed by atoms with Crippen molar-refractivity contribution in [1.29, 1.82) is 0 Å². The molecule has 0 radical (unpaired) electrons. The van der Waals surface area contributed by atoms with Crippen molar-refractivity contribution in [2.45, 2.75) is 26.4 Å². The molecule has 0 saturated heterocycles. The molecule has 2 aromatic rings. The lowest BCUT2D eigenvalue weighted by molar-refractivity contribution is -0.384. The molecular weight excluding hydrogens is 260 g/mol. The van der Waals surface area contributed by atoms with Gasteiger partial charge in [-0.3, -0.25) is 14.9 Å². The van der Waals surface area contributed by atoms with E-state index in [0.29, 0.717) is 18.8 Å². The van der Waals surface area contributed by atoms with E-state index in [0.717, 1.165) is 12.0 Å². The van der Waals surface area contributed by atoms with Gasteiger partial charge in [-0.15, -0.1) is 0 Å². The Balaban J connectivity index is 2.13. The van der Waals surface area contributed by atoms with Crippen LogP contribution in [0.3, 0.4) is 0 Å². The molecule has 0 aliphatic rings. The van der Waals surface area contributed by atoms with Gasteiger partial charge in [0.05, 0.1) is 11.1 Å². The monoisotopic (exact) mass is 276 g/mol. The molecule has 0 bridgehead atoms. The quantitative estimate of drug-likeness (QED) is 0.624. The molecule has 7 nitrogen and oxygen atoms in total. The lowest BCUT2D eigenvalue weighted by Crippen LogP contribution is -2.25. The van der Waals surface area contributed by atoms with Gasteiger partial charge in [-0.05, 0) is 18.1 Å². The number of amides is 1. The van der Waals surface area contributed by atoms with Gasteiger partial charge < -0.3 is 14.9 Å². The molecule has 1 amide bonds. The predicted molar refractivity (Wildman–Crippen MR) is 73.3 cm³/mol. The SMILES string of the molecule is CCCn1cc([N+](=O)[O-])cc1C(=O)NCc1cc[nH]c1. The molecule has 0 fully saturated rings. The molecule has 7 heteroatoms. The minimum Gasteiger partial charge on any atom is -0.367 e. The van der Waals surface area contributed by atoms with Crippen LogP contribution in [-0.2, 0) is 13.1 Å². The summed E-state index contributed by atoms with van der Waals surface area (Å²) in [6.45, 7) is 2.90. The van der Waals surface area contributed by atoms with Crippen molar-refractivity contribution in [2.75, 3.05) is 0 Å². The van der Waals surface area contributed by atoms with Crippen LogP contribution in [0.15, 0.2) is 30.7 Å². The van der Waals surface area contributed by atoms with Crippen LogP contribution >= 0.6 is 0 Å². The summed E-state index contributed by atoms with van der Waals surface area (Å²) in [6, 6.07) is 3.16. The summed E-state index contributed by atoms with van der Waals surface area (Å²) < 4.78 is 1.62. The van der Waals surface area contributed by atoms with Gasteiger partial charge in [0.1, 0.15) is 5.69 Å². The van der Waals surface area contributed by atoms with E-state index in [1.807, 2.05) is 13.0 Å². The second-order valence-electron chi connectivity index (χ2n) is 4.44. The molecule has 0 unspecified atom stereocenters. The van der Waals surface area contributed by atoms with E-state index < -0.39 is 4.92 Å². The van der Waals surface area contributed by atoms with Gasteiger partial charge in [-0.1, -0.05) is 6.92 Å². The molecule has 0 atom stereocenters. The number of carbonyl (C=O) groups excluding carboxylic acids is 1. The fraction of sp³-hybridized carbons (Fsp3) is 0.308. The number of hydrogen-bond acceptors (Lipinski definition) is 3. The maximum atomic E-state index is 12.1. The standard InChI is InChI=1S/C13H16N4O3/c1-2-5-16-9-11(17(19)20)6-12(16)13(18)15-8-10-3-4-14-7-10/h3-4,6-7,9,14H,2,5,8H2,1H3,(H,15,18). The first-order chi connectivity index (χ1) is 9.61. The fourth-order valence-electron chi connectivity index (χ4n) is 1.95. The Hall–Kier alpha value is -2.57. The molecule has 106 valence electrons. The molecule has 0 aliphatic heterocycles. The molecule has 0 aliphatic carbocycles. The van der Waals surface area contributed by atoms with Crippen molar-refractivity contribution in [3.63, 3.8) is 0 Å². The summed E-state index contributed by atoms with van der Waals surface area (Å²) in [5.41, 5.74) is 1.20. The normalized spacial score (nSPS) is 10.4. The summed E-state index contributed by atoms with van der Waals surface area (Å²) in [6.07, 6.45) is 5.75. The van der Waals surface area contributed by atoms with Crippen LogP contribution in [0, 0.1) is 10.1 Å².